The van der Waals surface area contributed by atoms with E-state index in [0.717, 1.165) is 0 Å². The van der Waals surface area contributed by atoms with Gasteiger partial charge in [-0.05, 0) is 12.5 Å². The number of nitrogens with zero attached hydrogens (tertiary/aromatic N) is 1. The maximum absolute atomic E-state index is 13.8. The molecular formula is C13H13ClFNO3. The van der Waals surface area contributed by atoms with Crippen LogP contribution in [-0.4, -0.2) is 27.9 Å². The monoisotopic (exact) mass is 285 g/mol. The molecule has 0 bridgehead atoms. The quantitative estimate of drug-likeness (QED) is 0.924. The van der Waals surface area contributed by atoms with E-state index < -0.39 is 11.8 Å². The second kappa shape index (κ2) is 5.57. The standard InChI is InChI=1S/C13H13ClFNO3/c14-10-3-1-2-8(13(10)15)7-16-9(6-12(18)19)4-5-11(16)17/h1-3,9H,4-7H2,(H,18,19)/t9-/m1/s1. The lowest BCUT2D eigenvalue weighted by molar-refractivity contribution is -0.139. The second-order valence-corrected chi connectivity index (χ2v) is 4.93. The van der Waals surface area contributed by atoms with Gasteiger partial charge in [0.2, 0.25) is 5.91 Å². The number of likely N-dealkylation sites (tertiary alicyclic amines) is 1. The first-order valence-corrected chi connectivity index (χ1v) is 6.31. The third-order valence-corrected chi connectivity index (χ3v) is 3.53. The van der Waals surface area contributed by atoms with Crippen LogP contribution in [0.5, 0.6) is 0 Å². The lowest BCUT2D eigenvalue weighted by Crippen LogP contribution is -2.34. The van der Waals surface area contributed by atoms with Gasteiger partial charge in [0.1, 0.15) is 5.82 Å². The minimum Gasteiger partial charge on any atom is -0.481 e. The highest BCUT2D eigenvalue weighted by Crippen LogP contribution is 2.26. The molecule has 1 amide bonds. The minimum absolute atomic E-state index is 0.000990. The van der Waals surface area contributed by atoms with Crippen molar-refractivity contribution in [2.45, 2.75) is 31.8 Å². The molecule has 0 aliphatic carbocycles. The van der Waals surface area contributed by atoms with Gasteiger partial charge in [0.05, 0.1) is 11.4 Å². The predicted molar refractivity (Wildman–Crippen MR) is 67.2 cm³/mol. The molecule has 2 rings (SSSR count). The molecular weight excluding hydrogens is 273 g/mol. The summed E-state index contributed by atoms with van der Waals surface area (Å²) in [5, 5.41) is 8.81. The van der Waals surface area contributed by atoms with Crippen LogP contribution in [0.15, 0.2) is 18.2 Å². The van der Waals surface area contributed by atoms with Gasteiger partial charge >= 0.3 is 5.97 Å². The van der Waals surface area contributed by atoms with Crippen LogP contribution in [0.3, 0.4) is 0 Å². The Morgan fingerprint density at radius 3 is 2.95 bits per heavy atom. The molecule has 4 nitrogen and oxygen atoms in total. The van der Waals surface area contributed by atoms with Crippen molar-refractivity contribution in [2.75, 3.05) is 0 Å². The van der Waals surface area contributed by atoms with E-state index in [9.17, 15) is 14.0 Å². The second-order valence-electron chi connectivity index (χ2n) is 4.52. The van der Waals surface area contributed by atoms with Gasteiger partial charge in [0.15, 0.2) is 0 Å². The molecule has 1 heterocycles. The van der Waals surface area contributed by atoms with E-state index in [1.54, 1.807) is 12.1 Å². The lowest BCUT2D eigenvalue weighted by Gasteiger charge is -2.24. The van der Waals surface area contributed by atoms with Gasteiger partial charge in [-0.25, -0.2) is 4.39 Å². The normalized spacial score (nSPS) is 18.9. The largest absolute Gasteiger partial charge is 0.481 e. The molecule has 0 spiro atoms. The summed E-state index contributed by atoms with van der Waals surface area (Å²) in [6.45, 7) is 0.0587. The van der Waals surface area contributed by atoms with Crippen molar-refractivity contribution in [3.63, 3.8) is 0 Å². The van der Waals surface area contributed by atoms with Crippen LogP contribution in [0.1, 0.15) is 24.8 Å². The van der Waals surface area contributed by atoms with Crippen molar-refractivity contribution in [3.8, 4) is 0 Å². The molecule has 1 aliphatic heterocycles. The highest BCUT2D eigenvalue weighted by atomic mass is 35.5. The number of rotatable bonds is 4. The fraction of sp³-hybridized carbons (Fsp3) is 0.385. The lowest BCUT2D eigenvalue weighted by atomic mass is 10.1. The summed E-state index contributed by atoms with van der Waals surface area (Å²) < 4.78 is 13.8. The highest BCUT2D eigenvalue weighted by Gasteiger charge is 2.32. The molecule has 1 fully saturated rings. The van der Waals surface area contributed by atoms with E-state index in [1.807, 2.05) is 0 Å². The van der Waals surface area contributed by atoms with Gasteiger partial charge in [0, 0.05) is 24.6 Å². The van der Waals surface area contributed by atoms with E-state index in [1.165, 1.54) is 11.0 Å². The van der Waals surface area contributed by atoms with Crippen LogP contribution in [0.2, 0.25) is 5.02 Å². The maximum Gasteiger partial charge on any atom is 0.305 e. The first-order valence-electron chi connectivity index (χ1n) is 5.93. The first kappa shape index (κ1) is 13.8. The molecule has 0 saturated carbocycles. The van der Waals surface area contributed by atoms with Gasteiger partial charge in [-0.3, -0.25) is 9.59 Å². The third-order valence-electron chi connectivity index (χ3n) is 3.24. The number of aliphatic carboxylic acids is 1. The number of hydrogen-bond acceptors (Lipinski definition) is 2. The van der Waals surface area contributed by atoms with E-state index in [0.29, 0.717) is 18.4 Å². The van der Waals surface area contributed by atoms with Crippen molar-refractivity contribution >= 4 is 23.5 Å². The number of carbonyl (C=O) groups excluding carboxylic acids is 1. The number of halogens is 2. The number of amides is 1. The third kappa shape index (κ3) is 3.04. The molecule has 0 radical (unpaired) electrons. The molecule has 0 aromatic heterocycles. The Bertz CT molecular complexity index is 521. The predicted octanol–water partition coefficient (Wildman–Crippen LogP) is 2.44. The average Bonchev–Trinajstić information content (AvgIpc) is 2.67. The molecule has 0 unspecified atom stereocenters. The Balaban J connectivity index is 2.17. The molecule has 1 saturated heterocycles. The smallest absolute Gasteiger partial charge is 0.305 e. The number of carboxylic acid groups (broad SMARTS) is 1. The van der Waals surface area contributed by atoms with Gasteiger partial charge in [0.25, 0.3) is 0 Å². The fourth-order valence-corrected chi connectivity index (χ4v) is 2.47. The summed E-state index contributed by atoms with van der Waals surface area (Å²) in [4.78, 5) is 23.9. The van der Waals surface area contributed by atoms with Crippen molar-refractivity contribution in [1.29, 1.82) is 0 Å². The van der Waals surface area contributed by atoms with Gasteiger partial charge in [-0.15, -0.1) is 0 Å². The minimum atomic E-state index is -0.962. The Kier molecular flexibility index (Phi) is 4.04. The van der Waals surface area contributed by atoms with Gasteiger partial charge < -0.3 is 10.0 Å². The maximum atomic E-state index is 13.8. The summed E-state index contributed by atoms with van der Waals surface area (Å²) >= 11 is 5.68. The zero-order valence-electron chi connectivity index (χ0n) is 10.1. The topological polar surface area (TPSA) is 57.6 Å². The molecule has 1 aromatic rings. The molecule has 1 aromatic carbocycles. The van der Waals surface area contributed by atoms with Crippen molar-refractivity contribution in [3.05, 3.63) is 34.6 Å². The number of carboxylic acids is 1. The summed E-state index contributed by atoms with van der Waals surface area (Å²) in [7, 11) is 0. The average molecular weight is 286 g/mol. The van der Waals surface area contributed by atoms with Gasteiger partial charge in [-0.2, -0.15) is 0 Å². The van der Waals surface area contributed by atoms with Crippen LogP contribution in [-0.2, 0) is 16.1 Å². The van der Waals surface area contributed by atoms with Crippen molar-refractivity contribution in [1.82, 2.24) is 4.90 Å². The number of carbonyl (C=O) groups is 2. The fourth-order valence-electron chi connectivity index (χ4n) is 2.28. The van der Waals surface area contributed by atoms with Crippen molar-refractivity contribution in [2.24, 2.45) is 0 Å². The zero-order chi connectivity index (χ0) is 14.0. The van der Waals surface area contributed by atoms with Gasteiger partial charge in [-0.1, -0.05) is 23.7 Å². The van der Waals surface area contributed by atoms with E-state index >= 15 is 0 Å². The van der Waals surface area contributed by atoms with E-state index in [-0.39, 0.29) is 29.9 Å². The molecule has 1 atom stereocenters. The molecule has 1 aliphatic rings. The van der Waals surface area contributed by atoms with Crippen LogP contribution in [0, 0.1) is 5.82 Å². The van der Waals surface area contributed by atoms with Crippen molar-refractivity contribution < 1.29 is 19.1 Å². The number of hydrogen-bond donors (Lipinski definition) is 1. The Labute approximate surface area is 114 Å². The van der Waals surface area contributed by atoms with E-state index in [4.69, 9.17) is 16.7 Å². The van der Waals surface area contributed by atoms with Crippen LogP contribution in [0.4, 0.5) is 4.39 Å². The zero-order valence-corrected chi connectivity index (χ0v) is 10.9. The Hall–Kier alpha value is -1.62. The molecule has 1 N–H and O–H groups in total. The Morgan fingerprint density at radius 1 is 1.53 bits per heavy atom. The van der Waals surface area contributed by atoms with Crippen LogP contribution >= 0.6 is 11.6 Å². The van der Waals surface area contributed by atoms with E-state index in [2.05, 4.69) is 0 Å². The highest BCUT2D eigenvalue weighted by molar-refractivity contribution is 6.30. The van der Waals surface area contributed by atoms with Crippen LogP contribution < -0.4 is 0 Å². The number of benzene rings is 1. The summed E-state index contributed by atoms with van der Waals surface area (Å²) in [6, 6.07) is 4.21. The van der Waals surface area contributed by atoms with Crippen LogP contribution in [0.25, 0.3) is 0 Å². The molecule has 102 valence electrons. The molecule has 6 heteroatoms. The summed E-state index contributed by atoms with van der Waals surface area (Å²) in [5.74, 6) is -1.67. The summed E-state index contributed by atoms with van der Waals surface area (Å²) in [5.41, 5.74) is 0.304. The summed E-state index contributed by atoms with van der Waals surface area (Å²) in [6.07, 6.45) is 0.682. The Morgan fingerprint density at radius 2 is 2.26 bits per heavy atom. The first-order chi connectivity index (χ1) is 8.99. The molecule has 19 heavy (non-hydrogen) atoms. The SMILES string of the molecule is O=C(O)C[C@H]1CCC(=O)N1Cc1cccc(Cl)c1F.